The number of nitrogens with zero attached hydrogens (tertiary/aromatic N) is 2. The summed E-state index contributed by atoms with van der Waals surface area (Å²) in [6.07, 6.45) is -14.1. The van der Waals surface area contributed by atoms with Gasteiger partial charge in [-0.3, -0.25) is 4.79 Å². The zero-order valence-electron chi connectivity index (χ0n) is 19.8. The molecule has 1 atom stereocenters. The lowest BCUT2D eigenvalue weighted by molar-refractivity contribution is -0.276. The maximum Gasteiger partial charge on any atom is 0.435 e. The number of amides is 1. The van der Waals surface area contributed by atoms with Gasteiger partial charge in [0, 0.05) is 24.1 Å². The summed E-state index contributed by atoms with van der Waals surface area (Å²) in [5.74, 6) is 0.192. The fraction of sp³-hybridized carbons (Fsp3) is 0.333. The Balaban J connectivity index is 1.78. The van der Waals surface area contributed by atoms with Crippen molar-refractivity contribution in [3.8, 4) is 0 Å². The zero-order chi connectivity index (χ0) is 28.8. The minimum absolute atomic E-state index is 0.00445. The summed E-state index contributed by atoms with van der Waals surface area (Å²) in [4.78, 5) is 17.3. The van der Waals surface area contributed by atoms with E-state index >= 15 is 0 Å². The Morgan fingerprint density at radius 3 is 2.23 bits per heavy atom. The summed E-state index contributed by atoms with van der Waals surface area (Å²) in [5.41, 5.74) is -8.77. The van der Waals surface area contributed by atoms with Crippen LogP contribution in [0.15, 0.2) is 53.8 Å². The first kappa shape index (κ1) is 28.6. The second-order valence-electron chi connectivity index (χ2n) is 8.57. The number of halogens is 9. The van der Waals surface area contributed by atoms with Crippen molar-refractivity contribution in [2.75, 3.05) is 18.6 Å². The van der Waals surface area contributed by atoms with Crippen LogP contribution in [0.4, 0.5) is 39.5 Å². The normalized spacial score (nSPS) is 18.3. The van der Waals surface area contributed by atoms with Gasteiger partial charge in [-0.05, 0) is 48.7 Å². The molecule has 0 radical (unpaired) electrons. The van der Waals surface area contributed by atoms with Gasteiger partial charge in [0.2, 0.25) is 0 Å². The number of carbonyl (C=O) groups excluding carboxylic acids is 1. The fourth-order valence-electron chi connectivity index (χ4n) is 4.16. The number of rotatable bonds is 6. The number of aromatic nitrogens is 1. The molecule has 210 valence electrons. The number of hydrogen-bond acceptors (Lipinski definition) is 4. The first-order chi connectivity index (χ1) is 18.1. The number of thioether (sulfide) groups is 1. The van der Waals surface area contributed by atoms with Gasteiger partial charge in [-0.15, -0.1) is 0 Å². The van der Waals surface area contributed by atoms with E-state index in [1.165, 1.54) is 46.6 Å². The Hall–Kier alpha value is -3.36. The van der Waals surface area contributed by atoms with Crippen LogP contribution in [0.25, 0.3) is 5.52 Å². The van der Waals surface area contributed by atoms with Gasteiger partial charge in [0.25, 0.3) is 11.5 Å². The molecular weight excluding hydrogens is 565 g/mol. The van der Waals surface area contributed by atoms with Gasteiger partial charge < -0.3 is 14.6 Å². The van der Waals surface area contributed by atoms with E-state index in [4.69, 9.17) is 4.84 Å². The smallest absolute Gasteiger partial charge is 0.374 e. The van der Waals surface area contributed by atoms with Crippen molar-refractivity contribution in [2.24, 2.45) is 5.16 Å². The number of alkyl halides is 9. The van der Waals surface area contributed by atoms with Crippen LogP contribution in [0.2, 0.25) is 0 Å². The molecule has 0 spiro atoms. The standard InChI is InChI=1S/C24H18F9N3O2S/c1-39-8-6-34-20(37)16-4-5-19(36-7-2-3-18(16)36)17-12-21(38-35-17,24(31,32)33)13-9-14(22(25,26)27)11-15(10-13)23(28,29)30/h2-5,7,9-11H,6,8,12H2,1H3,(H,34,37). The topological polar surface area (TPSA) is 55.1 Å². The number of benzene rings is 1. The summed E-state index contributed by atoms with van der Waals surface area (Å²) >= 11 is 1.50. The molecular formula is C24H18F9N3O2S. The first-order valence-electron chi connectivity index (χ1n) is 11.1. The predicted octanol–water partition coefficient (Wildman–Crippen LogP) is 6.65. The number of pyridine rings is 1. The Labute approximate surface area is 219 Å². The van der Waals surface area contributed by atoms with Gasteiger partial charge in [-0.25, -0.2) is 0 Å². The fourth-order valence-corrected chi connectivity index (χ4v) is 4.46. The molecule has 1 amide bonds. The van der Waals surface area contributed by atoms with Gasteiger partial charge in [0.15, 0.2) is 0 Å². The lowest BCUT2D eigenvalue weighted by Crippen LogP contribution is -2.43. The van der Waals surface area contributed by atoms with Crippen molar-refractivity contribution in [3.05, 3.63) is 76.6 Å². The molecule has 0 aliphatic carbocycles. The van der Waals surface area contributed by atoms with Crippen molar-refractivity contribution >= 4 is 28.9 Å². The van der Waals surface area contributed by atoms with Crippen molar-refractivity contribution in [3.63, 3.8) is 0 Å². The Kier molecular flexibility index (Phi) is 7.34. The SMILES string of the molecule is CSCCNC(=O)c1ccc(C2=NOC(c3cc(C(F)(F)F)cc(C(F)(F)F)c3)(C(F)(F)F)C2)n2cccc12. The van der Waals surface area contributed by atoms with E-state index in [9.17, 15) is 44.3 Å². The molecule has 3 aromatic rings. The van der Waals surface area contributed by atoms with E-state index in [0.29, 0.717) is 17.8 Å². The molecule has 1 N–H and O–H groups in total. The molecule has 3 heterocycles. The molecule has 5 nitrogen and oxygen atoms in total. The Bertz CT molecular complexity index is 1390. The highest BCUT2D eigenvalue weighted by Crippen LogP contribution is 2.51. The third kappa shape index (κ3) is 5.40. The van der Waals surface area contributed by atoms with Crippen molar-refractivity contribution in [1.29, 1.82) is 0 Å². The zero-order valence-corrected chi connectivity index (χ0v) is 20.6. The molecule has 0 saturated heterocycles. The minimum atomic E-state index is -5.46. The Morgan fingerprint density at radius 1 is 1.03 bits per heavy atom. The van der Waals surface area contributed by atoms with Crippen LogP contribution in [0.5, 0.6) is 0 Å². The van der Waals surface area contributed by atoms with E-state index in [1.807, 2.05) is 6.26 Å². The summed E-state index contributed by atoms with van der Waals surface area (Å²) in [5, 5.41) is 6.16. The highest BCUT2D eigenvalue weighted by atomic mass is 32.2. The van der Waals surface area contributed by atoms with E-state index in [0.717, 1.165) is 0 Å². The van der Waals surface area contributed by atoms with Crippen molar-refractivity contribution in [1.82, 2.24) is 9.72 Å². The second-order valence-corrected chi connectivity index (χ2v) is 9.56. The largest absolute Gasteiger partial charge is 0.435 e. The lowest BCUT2D eigenvalue weighted by atomic mass is 9.85. The van der Waals surface area contributed by atoms with Gasteiger partial charge in [-0.2, -0.15) is 51.3 Å². The number of carbonyl (C=O) groups is 1. The monoisotopic (exact) mass is 583 g/mol. The molecule has 0 saturated carbocycles. The van der Waals surface area contributed by atoms with Gasteiger partial charge in [0.1, 0.15) is 5.71 Å². The second kappa shape index (κ2) is 9.99. The highest BCUT2D eigenvalue weighted by molar-refractivity contribution is 7.98. The number of oxime groups is 1. The van der Waals surface area contributed by atoms with Crippen LogP contribution >= 0.6 is 11.8 Å². The molecule has 1 aliphatic heterocycles. The minimum Gasteiger partial charge on any atom is -0.374 e. The summed E-state index contributed by atoms with van der Waals surface area (Å²) in [6.45, 7) is 0.361. The van der Waals surface area contributed by atoms with E-state index < -0.39 is 58.9 Å². The van der Waals surface area contributed by atoms with Crippen LogP contribution in [0.3, 0.4) is 0 Å². The summed E-state index contributed by atoms with van der Waals surface area (Å²) in [7, 11) is 0. The number of hydrogen-bond donors (Lipinski definition) is 1. The van der Waals surface area contributed by atoms with Crippen LogP contribution in [-0.4, -0.2) is 40.7 Å². The van der Waals surface area contributed by atoms with Gasteiger partial charge >= 0.3 is 18.5 Å². The maximum atomic E-state index is 14.4. The average Bonchev–Trinajstić information content (AvgIpc) is 3.50. The van der Waals surface area contributed by atoms with Crippen LogP contribution in [-0.2, 0) is 22.8 Å². The molecule has 0 bridgehead atoms. The number of nitrogens with one attached hydrogen (secondary N) is 1. The molecule has 2 aromatic heterocycles. The molecule has 4 rings (SSSR count). The molecule has 1 aliphatic rings. The van der Waals surface area contributed by atoms with E-state index in [2.05, 4.69) is 10.5 Å². The van der Waals surface area contributed by atoms with E-state index in [-0.39, 0.29) is 29.5 Å². The molecule has 1 aromatic carbocycles. The van der Waals surface area contributed by atoms with Crippen LogP contribution in [0, 0.1) is 0 Å². The predicted molar refractivity (Wildman–Crippen MR) is 125 cm³/mol. The maximum absolute atomic E-state index is 14.4. The van der Waals surface area contributed by atoms with Crippen molar-refractivity contribution < 1.29 is 49.1 Å². The lowest BCUT2D eigenvalue weighted by Gasteiger charge is -2.30. The Morgan fingerprint density at radius 2 is 1.67 bits per heavy atom. The quantitative estimate of drug-likeness (QED) is 0.261. The average molecular weight is 583 g/mol. The molecule has 0 fully saturated rings. The number of fused-ring (bicyclic) bond motifs is 1. The third-order valence-corrected chi connectivity index (χ3v) is 6.68. The first-order valence-corrected chi connectivity index (χ1v) is 12.5. The molecule has 1 unspecified atom stereocenters. The summed E-state index contributed by atoms with van der Waals surface area (Å²) in [6, 6.07) is 5.33. The van der Waals surface area contributed by atoms with Crippen LogP contribution in [0.1, 0.15) is 39.2 Å². The molecule has 15 heteroatoms. The van der Waals surface area contributed by atoms with E-state index in [1.54, 1.807) is 0 Å². The van der Waals surface area contributed by atoms with Crippen LogP contribution < -0.4 is 5.32 Å². The van der Waals surface area contributed by atoms with Gasteiger partial charge in [0.05, 0.1) is 34.3 Å². The third-order valence-electron chi connectivity index (χ3n) is 6.06. The van der Waals surface area contributed by atoms with Gasteiger partial charge in [-0.1, -0.05) is 5.16 Å². The molecule has 39 heavy (non-hydrogen) atoms. The highest BCUT2D eigenvalue weighted by Gasteiger charge is 2.63. The van der Waals surface area contributed by atoms with Crippen molar-refractivity contribution in [2.45, 2.75) is 30.6 Å². The summed E-state index contributed by atoms with van der Waals surface area (Å²) < 4.78 is 125.